The topological polar surface area (TPSA) is 66.5 Å². The average Bonchev–Trinajstić information content (AvgIpc) is 2.38. The van der Waals surface area contributed by atoms with Crippen LogP contribution in [0.5, 0.6) is 0 Å². The molecule has 110 valence electrons. The molecule has 1 fully saturated rings. The van der Waals surface area contributed by atoms with E-state index < -0.39 is 10.0 Å². The number of nitrogens with zero attached hydrogens (tertiary/aromatic N) is 1. The molecule has 6 heteroatoms. The normalized spacial score (nSPS) is 16.8. The maximum atomic E-state index is 12.4. The second-order valence-electron chi connectivity index (χ2n) is 5.27. The summed E-state index contributed by atoms with van der Waals surface area (Å²) in [5.41, 5.74) is 0.674. The van der Waals surface area contributed by atoms with E-state index in [4.69, 9.17) is 0 Å². The van der Waals surface area contributed by atoms with Crippen LogP contribution in [0.3, 0.4) is 0 Å². The van der Waals surface area contributed by atoms with Crippen LogP contribution in [0.4, 0.5) is 5.69 Å². The molecule has 0 saturated carbocycles. The minimum Gasteiger partial charge on any atom is -0.370 e. The van der Waals surface area contributed by atoms with Crippen molar-refractivity contribution in [3.05, 3.63) is 24.3 Å². The fourth-order valence-corrected chi connectivity index (χ4v) is 3.79. The fraction of sp³-hybridized carbons (Fsp3) is 0.500. The molecule has 0 unspecified atom stereocenters. The summed E-state index contributed by atoms with van der Waals surface area (Å²) in [6, 6.07) is 6.78. The Labute approximate surface area is 120 Å². The number of carbonyl (C=O) groups is 1. The van der Waals surface area contributed by atoms with Crippen LogP contribution in [-0.4, -0.2) is 33.3 Å². The van der Waals surface area contributed by atoms with Crippen LogP contribution in [0.1, 0.15) is 26.7 Å². The van der Waals surface area contributed by atoms with Gasteiger partial charge in [-0.2, -0.15) is 0 Å². The molecule has 20 heavy (non-hydrogen) atoms. The number of carbonyl (C=O) groups excluding carboxylic acids is 1. The van der Waals surface area contributed by atoms with Crippen LogP contribution in [0, 0.1) is 0 Å². The Morgan fingerprint density at radius 2 is 1.75 bits per heavy atom. The first-order chi connectivity index (χ1) is 9.40. The number of hydrogen-bond donors (Lipinski definition) is 1. The third-order valence-corrected chi connectivity index (χ3v) is 4.91. The predicted octanol–water partition coefficient (Wildman–Crippen LogP) is 1.54. The Kier molecular flexibility index (Phi) is 4.45. The van der Waals surface area contributed by atoms with E-state index >= 15 is 0 Å². The third-order valence-electron chi connectivity index (χ3n) is 3.21. The number of rotatable bonds is 4. The lowest BCUT2D eigenvalue weighted by molar-refractivity contribution is -0.119. The highest BCUT2D eigenvalue weighted by Gasteiger charge is 2.24. The maximum Gasteiger partial charge on any atom is 0.242 e. The van der Waals surface area contributed by atoms with E-state index in [1.165, 1.54) is 0 Å². The van der Waals surface area contributed by atoms with E-state index in [0.717, 1.165) is 0 Å². The van der Waals surface area contributed by atoms with Crippen LogP contribution < -0.4 is 9.62 Å². The number of hydrogen-bond acceptors (Lipinski definition) is 4. The van der Waals surface area contributed by atoms with Gasteiger partial charge in [-0.1, -0.05) is 12.1 Å². The first-order valence-electron chi connectivity index (χ1n) is 6.78. The van der Waals surface area contributed by atoms with Crippen LogP contribution in [0.2, 0.25) is 0 Å². The summed E-state index contributed by atoms with van der Waals surface area (Å²) < 4.78 is 27.3. The Morgan fingerprint density at radius 1 is 1.15 bits per heavy atom. The molecule has 0 radical (unpaired) electrons. The Bertz CT molecular complexity index is 586. The van der Waals surface area contributed by atoms with E-state index in [1.54, 1.807) is 32.0 Å². The van der Waals surface area contributed by atoms with Gasteiger partial charge in [0, 0.05) is 32.0 Å². The molecule has 1 aliphatic rings. The zero-order valence-electron chi connectivity index (χ0n) is 11.8. The first kappa shape index (κ1) is 15.0. The van der Waals surface area contributed by atoms with Gasteiger partial charge in [0.25, 0.3) is 0 Å². The van der Waals surface area contributed by atoms with Gasteiger partial charge in [-0.15, -0.1) is 0 Å². The molecular weight excluding hydrogens is 276 g/mol. The van der Waals surface area contributed by atoms with Crippen molar-refractivity contribution in [2.75, 3.05) is 18.0 Å². The van der Waals surface area contributed by atoms with Gasteiger partial charge in [0.2, 0.25) is 10.0 Å². The van der Waals surface area contributed by atoms with Crippen molar-refractivity contribution in [1.29, 1.82) is 0 Å². The summed E-state index contributed by atoms with van der Waals surface area (Å²) in [7, 11) is -3.53. The highest BCUT2D eigenvalue weighted by Crippen LogP contribution is 2.27. The highest BCUT2D eigenvalue weighted by molar-refractivity contribution is 7.89. The number of anilines is 1. The van der Waals surface area contributed by atoms with E-state index in [1.807, 2.05) is 11.0 Å². The van der Waals surface area contributed by atoms with Crippen molar-refractivity contribution in [2.45, 2.75) is 37.6 Å². The molecular formula is C14H20N2O3S. The fourth-order valence-electron chi connectivity index (χ4n) is 2.32. The van der Waals surface area contributed by atoms with Crippen molar-refractivity contribution in [3.8, 4) is 0 Å². The molecule has 0 aliphatic carbocycles. The van der Waals surface area contributed by atoms with Crippen molar-refractivity contribution in [1.82, 2.24) is 4.72 Å². The zero-order chi connectivity index (χ0) is 14.8. The quantitative estimate of drug-likeness (QED) is 0.915. The molecule has 0 spiro atoms. The average molecular weight is 296 g/mol. The van der Waals surface area contributed by atoms with Gasteiger partial charge in [-0.25, -0.2) is 13.1 Å². The molecule has 1 saturated heterocycles. The van der Waals surface area contributed by atoms with Crippen molar-refractivity contribution in [2.24, 2.45) is 0 Å². The number of sulfonamides is 1. The van der Waals surface area contributed by atoms with Crippen LogP contribution >= 0.6 is 0 Å². The van der Waals surface area contributed by atoms with Gasteiger partial charge in [0.1, 0.15) is 10.7 Å². The van der Waals surface area contributed by atoms with Gasteiger partial charge < -0.3 is 4.90 Å². The zero-order valence-corrected chi connectivity index (χ0v) is 12.6. The lowest BCUT2D eigenvalue weighted by Gasteiger charge is -2.29. The molecule has 1 aromatic rings. The standard InChI is InChI=1S/C14H20N2O3S/c1-11(2)15-20(18,19)14-6-4-3-5-13(14)16-9-7-12(17)8-10-16/h3-6,11,15H,7-10H2,1-2H3. The number of Topliss-reactive ketones (excluding diaryl/α,β-unsaturated/α-hetero) is 1. The van der Waals surface area contributed by atoms with E-state index in [0.29, 0.717) is 31.6 Å². The van der Waals surface area contributed by atoms with Crippen LogP contribution in [0.15, 0.2) is 29.2 Å². The summed E-state index contributed by atoms with van der Waals surface area (Å²) in [5, 5.41) is 0. The number of ketones is 1. The summed E-state index contributed by atoms with van der Waals surface area (Å²) in [6.07, 6.45) is 0.956. The first-order valence-corrected chi connectivity index (χ1v) is 8.26. The van der Waals surface area contributed by atoms with Crippen molar-refractivity contribution >= 4 is 21.5 Å². The lowest BCUT2D eigenvalue weighted by atomic mass is 10.1. The molecule has 1 N–H and O–H groups in total. The molecule has 0 bridgehead atoms. The predicted molar refractivity (Wildman–Crippen MR) is 78.4 cm³/mol. The SMILES string of the molecule is CC(C)NS(=O)(=O)c1ccccc1N1CCC(=O)CC1. The van der Waals surface area contributed by atoms with Crippen molar-refractivity contribution < 1.29 is 13.2 Å². The second kappa shape index (κ2) is 5.93. The molecule has 2 rings (SSSR count). The third kappa shape index (κ3) is 3.37. The van der Waals surface area contributed by atoms with Crippen LogP contribution in [0.25, 0.3) is 0 Å². The van der Waals surface area contributed by atoms with Gasteiger partial charge in [0.15, 0.2) is 0 Å². The van der Waals surface area contributed by atoms with Gasteiger partial charge >= 0.3 is 0 Å². The molecule has 0 atom stereocenters. The largest absolute Gasteiger partial charge is 0.370 e. The molecule has 1 aliphatic heterocycles. The number of nitrogens with one attached hydrogen (secondary N) is 1. The van der Waals surface area contributed by atoms with Crippen LogP contribution in [-0.2, 0) is 14.8 Å². The lowest BCUT2D eigenvalue weighted by Crippen LogP contribution is -2.36. The summed E-state index contributed by atoms with van der Waals surface area (Å²) in [4.78, 5) is 13.6. The minimum absolute atomic E-state index is 0.156. The second-order valence-corrected chi connectivity index (χ2v) is 6.95. The number of para-hydroxylation sites is 1. The molecule has 1 aromatic carbocycles. The maximum absolute atomic E-state index is 12.4. The highest BCUT2D eigenvalue weighted by atomic mass is 32.2. The molecule has 5 nitrogen and oxygen atoms in total. The van der Waals surface area contributed by atoms with E-state index in [-0.39, 0.29) is 16.7 Å². The molecule has 1 heterocycles. The van der Waals surface area contributed by atoms with E-state index in [9.17, 15) is 13.2 Å². The molecule has 0 amide bonds. The monoisotopic (exact) mass is 296 g/mol. The Morgan fingerprint density at radius 3 is 2.35 bits per heavy atom. The van der Waals surface area contributed by atoms with Gasteiger partial charge in [-0.3, -0.25) is 4.79 Å². The minimum atomic E-state index is -3.53. The number of benzene rings is 1. The summed E-state index contributed by atoms with van der Waals surface area (Å²) in [5.74, 6) is 0.238. The Balaban J connectivity index is 2.33. The summed E-state index contributed by atoms with van der Waals surface area (Å²) >= 11 is 0. The van der Waals surface area contributed by atoms with E-state index in [2.05, 4.69) is 4.72 Å². The van der Waals surface area contributed by atoms with Crippen molar-refractivity contribution in [3.63, 3.8) is 0 Å². The molecule has 0 aromatic heterocycles. The number of piperidine rings is 1. The summed E-state index contributed by atoms with van der Waals surface area (Å²) in [6.45, 7) is 4.74. The van der Waals surface area contributed by atoms with Gasteiger partial charge in [0.05, 0.1) is 5.69 Å². The smallest absolute Gasteiger partial charge is 0.242 e. The Hall–Kier alpha value is -1.40. The van der Waals surface area contributed by atoms with Gasteiger partial charge in [-0.05, 0) is 26.0 Å².